The van der Waals surface area contributed by atoms with Crippen LogP contribution in [0.4, 0.5) is 0 Å². The van der Waals surface area contributed by atoms with Crippen LogP contribution in [-0.2, 0) is 13.1 Å². The first-order valence-corrected chi connectivity index (χ1v) is 7.73. The summed E-state index contributed by atoms with van der Waals surface area (Å²) in [5, 5.41) is 4.55. The molecule has 0 bridgehead atoms. The van der Waals surface area contributed by atoms with Gasteiger partial charge in [-0.15, -0.1) is 0 Å². The van der Waals surface area contributed by atoms with Crippen LogP contribution in [0.25, 0.3) is 0 Å². The Kier molecular flexibility index (Phi) is 4.01. The Morgan fingerprint density at radius 3 is 2.86 bits per heavy atom. The van der Waals surface area contributed by atoms with Gasteiger partial charge in [0.05, 0.1) is 23.1 Å². The van der Waals surface area contributed by atoms with Crippen LogP contribution in [0.5, 0.6) is 0 Å². The van der Waals surface area contributed by atoms with Crippen molar-refractivity contribution in [2.24, 2.45) is 0 Å². The van der Waals surface area contributed by atoms with Crippen LogP contribution < -0.4 is 0 Å². The van der Waals surface area contributed by atoms with Gasteiger partial charge in [-0.05, 0) is 40.2 Å². The third-order valence-electron chi connectivity index (χ3n) is 4.22. The summed E-state index contributed by atoms with van der Waals surface area (Å²) >= 11 is 0. The molecular formula is C16H23N5. The Hall–Kier alpha value is -1.75. The molecule has 0 aromatic carbocycles. The molecule has 1 fully saturated rings. The number of aromatic nitrogens is 4. The maximum absolute atomic E-state index is 4.67. The van der Waals surface area contributed by atoms with Gasteiger partial charge >= 0.3 is 0 Å². The van der Waals surface area contributed by atoms with Gasteiger partial charge in [0, 0.05) is 37.2 Å². The second kappa shape index (κ2) is 5.93. The van der Waals surface area contributed by atoms with Gasteiger partial charge in [0.15, 0.2) is 0 Å². The predicted molar refractivity (Wildman–Crippen MR) is 81.8 cm³/mol. The highest BCUT2D eigenvalue weighted by atomic mass is 15.3. The first-order valence-electron chi connectivity index (χ1n) is 7.73. The minimum absolute atomic E-state index is 0.391. The van der Waals surface area contributed by atoms with Crippen molar-refractivity contribution in [3.05, 3.63) is 41.2 Å². The molecule has 1 aliphatic heterocycles. The van der Waals surface area contributed by atoms with Gasteiger partial charge in [-0.1, -0.05) is 0 Å². The number of likely N-dealkylation sites (tertiary alicyclic amines) is 1. The molecule has 112 valence electrons. The van der Waals surface area contributed by atoms with Crippen molar-refractivity contribution in [1.82, 2.24) is 24.6 Å². The van der Waals surface area contributed by atoms with E-state index in [9.17, 15) is 0 Å². The highest BCUT2D eigenvalue weighted by molar-refractivity contribution is 5.17. The lowest BCUT2D eigenvalue weighted by atomic mass is 10.1. The van der Waals surface area contributed by atoms with Gasteiger partial charge in [0.25, 0.3) is 0 Å². The van der Waals surface area contributed by atoms with E-state index in [1.165, 1.54) is 18.4 Å². The molecule has 0 radical (unpaired) electrons. The van der Waals surface area contributed by atoms with E-state index in [-0.39, 0.29) is 0 Å². The Labute approximate surface area is 126 Å². The summed E-state index contributed by atoms with van der Waals surface area (Å²) in [6, 6.07) is 0.391. The Bertz CT molecular complexity index is 619. The molecule has 5 nitrogen and oxygen atoms in total. The van der Waals surface area contributed by atoms with E-state index >= 15 is 0 Å². The van der Waals surface area contributed by atoms with Crippen molar-refractivity contribution in [2.45, 2.75) is 52.7 Å². The van der Waals surface area contributed by atoms with Crippen LogP contribution in [0.3, 0.4) is 0 Å². The minimum atomic E-state index is 0.391. The standard InChI is InChI=1S/C16H23N5/c1-4-21-11-14(13(3)19-21)10-20-7-5-6-16(20)15-9-17-8-12(2)18-15/h8-9,11,16H,4-7,10H2,1-3H3/t16-/m0/s1. The van der Waals surface area contributed by atoms with E-state index < -0.39 is 0 Å². The van der Waals surface area contributed by atoms with Gasteiger partial charge in [-0.3, -0.25) is 19.5 Å². The maximum atomic E-state index is 4.67. The van der Waals surface area contributed by atoms with Gasteiger partial charge < -0.3 is 0 Å². The van der Waals surface area contributed by atoms with Crippen molar-refractivity contribution in [3.63, 3.8) is 0 Å². The first kappa shape index (κ1) is 14.2. The fourth-order valence-corrected chi connectivity index (χ4v) is 3.09. The molecular weight excluding hydrogens is 262 g/mol. The average Bonchev–Trinajstić information content (AvgIpc) is 3.07. The molecule has 0 saturated carbocycles. The summed E-state index contributed by atoms with van der Waals surface area (Å²) in [5.74, 6) is 0. The Balaban J connectivity index is 1.79. The third-order valence-corrected chi connectivity index (χ3v) is 4.22. The molecule has 21 heavy (non-hydrogen) atoms. The quantitative estimate of drug-likeness (QED) is 0.866. The third kappa shape index (κ3) is 2.97. The molecule has 1 aliphatic rings. The highest BCUT2D eigenvalue weighted by Crippen LogP contribution is 2.32. The number of hydrogen-bond acceptors (Lipinski definition) is 4. The Morgan fingerprint density at radius 1 is 1.29 bits per heavy atom. The van der Waals surface area contributed by atoms with Crippen molar-refractivity contribution >= 4 is 0 Å². The molecule has 2 aromatic heterocycles. The monoisotopic (exact) mass is 285 g/mol. The van der Waals surface area contributed by atoms with Crippen LogP contribution >= 0.6 is 0 Å². The van der Waals surface area contributed by atoms with Crippen LogP contribution in [0.2, 0.25) is 0 Å². The molecule has 3 heterocycles. The van der Waals surface area contributed by atoms with Crippen molar-refractivity contribution in [3.8, 4) is 0 Å². The second-order valence-corrected chi connectivity index (χ2v) is 5.81. The lowest BCUT2D eigenvalue weighted by Crippen LogP contribution is -2.24. The summed E-state index contributed by atoms with van der Waals surface area (Å²) in [5.41, 5.74) is 4.56. The molecule has 3 rings (SSSR count). The number of aryl methyl sites for hydroxylation is 3. The van der Waals surface area contributed by atoms with Crippen molar-refractivity contribution in [2.75, 3.05) is 6.54 Å². The maximum Gasteiger partial charge on any atom is 0.0761 e. The van der Waals surface area contributed by atoms with E-state index in [1.807, 2.05) is 24.0 Å². The van der Waals surface area contributed by atoms with Gasteiger partial charge in [0.1, 0.15) is 0 Å². The smallest absolute Gasteiger partial charge is 0.0761 e. The fraction of sp³-hybridized carbons (Fsp3) is 0.562. The number of rotatable bonds is 4. The number of nitrogens with zero attached hydrogens (tertiary/aromatic N) is 5. The summed E-state index contributed by atoms with van der Waals surface area (Å²) in [6.45, 7) is 9.22. The normalized spacial score (nSPS) is 19.3. The minimum Gasteiger partial charge on any atom is -0.290 e. The van der Waals surface area contributed by atoms with Crippen molar-refractivity contribution in [1.29, 1.82) is 0 Å². The van der Waals surface area contributed by atoms with E-state index in [2.05, 4.69) is 40.0 Å². The summed E-state index contributed by atoms with van der Waals surface area (Å²) in [7, 11) is 0. The SMILES string of the molecule is CCn1cc(CN2CCC[C@H]2c2cncc(C)n2)c(C)n1. The average molecular weight is 285 g/mol. The van der Waals surface area contributed by atoms with E-state index in [0.717, 1.165) is 36.7 Å². The van der Waals surface area contributed by atoms with E-state index in [1.54, 1.807) is 0 Å². The van der Waals surface area contributed by atoms with Crippen LogP contribution in [0, 0.1) is 13.8 Å². The molecule has 5 heteroatoms. The summed E-state index contributed by atoms with van der Waals surface area (Å²) in [6.07, 6.45) is 8.30. The first-order chi connectivity index (χ1) is 10.2. The Morgan fingerprint density at radius 2 is 2.14 bits per heavy atom. The van der Waals surface area contributed by atoms with E-state index in [0.29, 0.717) is 6.04 Å². The van der Waals surface area contributed by atoms with Crippen LogP contribution in [0.1, 0.15) is 48.5 Å². The fourth-order valence-electron chi connectivity index (χ4n) is 3.09. The van der Waals surface area contributed by atoms with Gasteiger partial charge in [-0.25, -0.2) is 0 Å². The summed E-state index contributed by atoms with van der Waals surface area (Å²) < 4.78 is 2.02. The molecule has 0 aliphatic carbocycles. The van der Waals surface area contributed by atoms with Gasteiger partial charge in [-0.2, -0.15) is 5.10 Å². The topological polar surface area (TPSA) is 46.8 Å². The lowest BCUT2D eigenvalue weighted by molar-refractivity contribution is 0.243. The predicted octanol–water partition coefficient (Wildman–Crippen LogP) is 2.65. The zero-order valence-electron chi connectivity index (χ0n) is 13.1. The molecule has 2 aromatic rings. The molecule has 1 atom stereocenters. The molecule has 0 N–H and O–H groups in total. The largest absolute Gasteiger partial charge is 0.290 e. The molecule has 0 amide bonds. The van der Waals surface area contributed by atoms with E-state index in [4.69, 9.17) is 0 Å². The summed E-state index contributed by atoms with van der Waals surface area (Å²) in [4.78, 5) is 11.5. The lowest BCUT2D eigenvalue weighted by Gasteiger charge is -2.23. The zero-order chi connectivity index (χ0) is 14.8. The second-order valence-electron chi connectivity index (χ2n) is 5.81. The van der Waals surface area contributed by atoms with Crippen LogP contribution in [0.15, 0.2) is 18.6 Å². The van der Waals surface area contributed by atoms with Gasteiger partial charge in [0.2, 0.25) is 0 Å². The highest BCUT2D eigenvalue weighted by Gasteiger charge is 2.28. The molecule has 0 unspecified atom stereocenters. The number of hydrogen-bond donors (Lipinski definition) is 0. The zero-order valence-corrected chi connectivity index (χ0v) is 13.1. The molecule has 0 spiro atoms. The van der Waals surface area contributed by atoms with Crippen LogP contribution in [-0.4, -0.2) is 31.2 Å². The molecule has 1 saturated heterocycles. The van der Waals surface area contributed by atoms with Crippen molar-refractivity contribution < 1.29 is 0 Å².